The van der Waals surface area contributed by atoms with E-state index in [0.29, 0.717) is 17.8 Å². The molecule has 33 heavy (non-hydrogen) atoms. The van der Waals surface area contributed by atoms with E-state index in [4.69, 9.17) is 0 Å². The Bertz CT molecular complexity index is 1070. The van der Waals surface area contributed by atoms with Gasteiger partial charge in [0.1, 0.15) is 5.70 Å². The molecule has 0 radical (unpaired) electrons. The van der Waals surface area contributed by atoms with Crippen LogP contribution in [0.1, 0.15) is 37.0 Å². The molecule has 0 unspecified atom stereocenters. The van der Waals surface area contributed by atoms with Crippen molar-refractivity contribution < 1.29 is 9.59 Å². The van der Waals surface area contributed by atoms with Gasteiger partial charge in [0.25, 0.3) is 11.8 Å². The van der Waals surface area contributed by atoms with Gasteiger partial charge in [0.15, 0.2) is 0 Å². The number of nitrogens with one attached hydrogen (secondary N) is 1. The monoisotopic (exact) mass is 446 g/mol. The van der Waals surface area contributed by atoms with Gasteiger partial charge in [-0.25, -0.2) is 0 Å². The maximum Gasteiger partial charge on any atom is 0.278 e. The van der Waals surface area contributed by atoms with Crippen LogP contribution in [0.2, 0.25) is 0 Å². The molecule has 2 amide bonds. The lowest BCUT2D eigenvalue weighted by atomic mass is 9.97. The minimum absolute atomic E-state index is 0.221. The third kappa shape index (κ3) is 4.67. The number of nitrogens with zero attached hydrogens (tertiary/aromatic N) is 3. The zero-order valence-corrected chi connectivity index (χ0v) is 20.1. The highest BCUT2D eigenvalue weighted by molar-refractivity contribution is 6.36. The Labute approximate surface area is 196 Å². The summed E-state index contributed by atoms with van der Waals surface area (Å²) in [6.07, 6.45) is 0.727. The normalized spacial score (nSPS) is 17.3. The van der Waals surface area contributed by atoms with Crippen LogP contribution < -0.4 is 10.2 Å². The Morgan fingerprint density at radius 2 is 1.58 bits per heavy atom. The largest absolute Gasteiger partial charge is 0.369 e. The number of amides is 2. The van der Waals surface area contributed by atoms with E-state index in [1.807, 2.05) is 51.1 Å². The van der Waals surface area contributed by atoms with E-state index in [0.717, 1.165) is 61.5 Å². The van der Waals surface area contributed by atoms with Gasteiger partial charge in [-0.3, -0.25) is 14.5 Å². The predicted molar refractivity (Wildman–Crippen MR) is 134 cm³/mol. The number of imide groups is 1. The van der Waals surface area contributed by atoms with Crippen molar-refractivity contribution in [2.75, 3.05) is 49.5 Å². The SMILES string of the molecule is CCCN1C(=O)C(Nc2ccc(N3CCN(CC)CC3)cc2)=C(c2ccc(C)cc2C)C1=O. The van der Waals surface area contributed by atoms with Crippen LogP contribution in [0, 0.1) is 13.8 Å². The first-order valence-electron chi connectivity index (χ1n) is 12.0. The zero-order valence-electron chi connectivity index (χ0n) is 20.1. The van der Waals surface area contributed by atoms with Crippen LogP contribution in [0.4, 0.5) is 11.4 Å². The number of piperazine rings is 1. The first-order valence-corrected chi connectivity index (χ1v) is 12.0. The summed E-state index contributed by atoms with van der Waals surface area (Å²) in [6, 6.07) is 14.1. The number of anilines is 2. The van der Waals surface area contributed by atoms with Crippen molar-refractivity contribution in [3.05, 3.63) is 64.9 Å². The average Bonchev–Trinajstić information content (AvgIpc) is 3.04. The van der Waals surface area contributed by atoms with Gasteiger partial charge in [0.05, 0.1) is 5.57 Å². The molecule has 174 valence electrons. The Hall–Kier alpha value is -3.12. The van der Waals surface area contributed by atoms with E-state index in [-0.39, 0.29) is 11.8 Å². The summed E-state index contributed by atoms with van der Waals surface area (Å²) in [5.74, 6) is -0.474. The molecular weight excluding hydrogens is 412 g/mol. The Morgan fingerprint density at radius 3 is 2.18 bits per heavy atom. The second kappa shape index (κ2) is 9.79. The maximum absolute atomic E-state index is 13.3. The predicted octanol–water partition coefficient (Wildman–Crippen LogP) is 4.05. The molecule has 0 spiro atoms. The third-order valence-electron chi connectivity index (χ3n) is 6.59. The number of benzene rings is 2. The van der Waals surface area contributed by atoms with Crippen LogP contribution in [-0.4, -0.2) is 60.9 Å². The first-order chi connectivity index (χ1) is 15.9. The summed E-state index contributed by atoms with van der Waals surface area (Å²) < 4.78 is 0. The number of carbonyl (C=O) groups is 2. The summed E-state index contributed by atoms with van der Waals surface area (Å²) in [7, 11) is 0. The maximum atomic E-state index is 13.3. The molecule has 1 fully saturated rings. The molecule has 2 heterocycles. The smallest absolute Gasteiger partial charge is 0.278 e. The molecule has 2 aromatic carbocycles. The van der Waals surface area contributed by atoms with Crippen LogP contribution in [0.3, 0.4) is 0 Å². The fourth-order valence-electron chi connectivity index (χ4n) is 4.68. The zero-order chi connectivity index (χ0) is 23.5. The van der Waals surface area contributed by atoms with E-state index in [1.54, 1.807) is 0 Å². The van der Waals surface area contributed by atoms with Crippen molar-refractivity contribution in [1.82, 2.24) is 9.80 Å². The highest BCUT2D eigenvalue weighted by Crippen LogP contribution is 2.33. The summed E-state index contributed by atoms with van der Waals surface area (Å²) >= 11 is 0. The molecule has 0 aromatic heterocycles. The number of hydrogen-bond donors (Lipinski definition) is 1. The van der Waals surface area contributed by atoms with Crippen LogP contribution in [0.25, 0.3) is 5.57 Å². The highest BCUT2D eigenvalue weighted by atomic mass is 16.2. The average molecular weight is 447 g/mol. The Balaban J connectivity index is 1.61. The van der Waals surface area contributed by atoms with Crippen molar-refractivity contribution in [2.45, 2.75) is 34.1 Å². The molecule has 0 aliphatic carbocycles. The van der Waals surface area contributed by atoms with Gasteiger partial charge >= 0.3 is 0 Å². The van der Waals surface area contributed by atoms with E-state index in [1.165, 1.54) is 10.6 Å². The lowest BCUT2D eigenvalue weighted by Crippen LogP contribution is -2.46. The van der Waals surface area contributed by atoms with Gasteiger partial charge < -0.3 is 15.1 Å². The molecule has 1 N–H and O–H groups in total. The Morgan fingerprint density at radius 1 is 0.879 bits per heavy atom. The first kappa shape index (κ1) is 23.1. The van der Waals surface area contributed by atoms with Crippen molar-refractivity contribution >= 4 is 28.8 Å². The second-order valence-corrected chi connectivity index (χ2v) is 8.92. The number of carbonyl (C=O) groups excluding carboxylic acids is 2. The second-order valence-electron chi connectivity index (χ2n) is 8.92. The lowest BCUT2D eigenvalue weighted by molar-refractivity contribution is -0.136. The summed E-state index contributed by atoms with van der Waals surface area (Å²) in [5, 5.41) is 3.29. The van der Waals surface area contributed by atoms with Crippen molar-refractivity contribution in [1.29, 1.82) is 0 Å². The molecule has 0 bridgehead atoms. The molecule has 0 atom stereocenters. The minimum Gasteiger partial charge on any atom is -0.369 e. The number of rotatable bonds is 7. The standard InChI is InChI=1S/C27H34N4O2/c1-5-13-31-26(32)24(23-12-7-19(3)18-20(23)4)25(27(31)33)28-21-8-10-22(11-9-21)30-16-14-29(6-2)15-17-30/h7-12,18,28H,5-6,13-17H2,1-4H3. The number of hydrogen-bond acceptors (Lipinski definition) is 5. The minimum atomic E-state index is -0.253. The van der Waals surface area contributed by atoms with Crippen LogP contribution in [0.5, 0.6) is 0 Å². The molecule has 2 aromatic rings. The van der Waals surface area contributed by atoms with Crippen LogP contribution in [0.15, 0.2) is 48.2 Å². The van der Waals surface area contributed by atoms with E-state index in [2.05, 4.69) is 34.2 Å². The number of aryl methyl sites for hydroxylation is 2. The highest BCUT2D eigenvalue weighted by Gasteiger charge is 2.39. The van der Waals surface area contributed by atoms with Gasteiger partial charge in [0, 0.05) is 44.1 Å². The van der Waals surface area contributed by atoms with Crippen molar-refractivity contribution in [2.24, 2.45) is 0 Å². The molecule has 6 heteroatoms. The fourth-order valence-corrected chi connectivity index (χ4v) is 4.68. The van der Waals surface area contributed by atoms with E-state index in [9.17, 15) is 9.59 Å². The van der Waals surface area contributed by atoms with E-state index < -0.39 is 0 Å². The lowest BCUT2D eigenvalue weighted by Gasteiger charge is -2.35. The van der Waals surface area contributed by atoms with Crippen LogP contribution >= 0.6 is 0 Å². The van der Waals surface area contributed by atoms with Gasteiger partial charge in [-0.15, -0.1) is 0 Å². The third-order valence-corrected chi connectivity index (χ3v) is 6.59. The molecule has 2 aliphatic heterocycles. The summed E-state index contributed by atoms with van der Waals surface area (Å²) in [6.45, 7) is 13.9. The molecular formula is C27H34N4O2. The molecule has 1 saturated heterocycles. The van der Waals surface area contributed by atoms with Crippen molar-refractivity contribution in [3.63, 3.8) is 0 Å². The van der Waals surface area contributed by atoms with E-state index >= 15 is 0 Å². The quantitative estimate of drug-likeness (QED) is 0.651. The molecule has 0 saturated carbocycles. The fraction of sp³-hybridized carbons (Fsp3) is 0.407. The van der Waals surface area contributed by atoms with Gasteiger partial charge in [-0.2, -0.15) is 0 Å². The summed E-state index contributed by atoms with van der Waals surface area (Å²) in [5.41, 5.74) is 5.75. The van der Waals surface area contributed by atoms with Crippen molar-refractivity contribution in [3.8, 4) is 0 Å². The topological polar surface area (TPSA) is 55.9 Å². The van der Waals surface area contributed by atoms with Gasteiger partial charge in [-0.05, 0) is 62.2 Å². The summed E-state index contributed by atoms with van der Waals surface area (Å²) in [4.78, 5) is 32.7. The van der Waals surface area contributed by atoms with Gasteiger partial charge in [-0.1, -0.05) is 37.6 Å². The molecule has 6 nitrogen and oxygen atoms in total. The number of likely N-dealkylation sites (N-methyl/N-ethyl adjacent to an activating group) is 1. The van der Waals surface area contributed by atoms with Gasteiger partial charge in [0.2, 0.25) is 0 Å². The van der Waals surface area contributed by atoms with Crippen LogP contribution in [-0.2, 0) is 9.59 Å². The molecule has 2 aliphatic rings. The molecule has 4 rings (SSSR count). The Kier molecular flexibility index (Phi) is 6.84.